The van der Waals surface area contributed by atoms with Gasteiger partial charge in [-0.1, -0.05) is 118 Å². The molecule has 2 aliphatic rings. The van der Waals surface area contributed by atoms with Gasteiger partial charge in [-0.25, -0.2) is 58.0 Å². The van der Waals surface area contributed by atoms with Gasteiger partial charge in [-0.05, 0) is 141 Å². The van der Waals surface area contributed by atoms with Crippen molar-refractivity contribution in [1.82, 2.24) is 87.2 Å². The number of rotatable bonds is 22. The second kappa shape index (κ2) is 42.1. The van der Waals surface area contributed by atoms with Gasteiger partial charge in [-0.15, -0.1) is 0 Å². The minimum atomic E-state index is -0.473. The van der Waals surface area contributed by atoms with Crippen molar-refractivity contribution in [3.8, 4) is 67.5 Å². The summed E-state index contributed by atoms with van der Waals surface area (Å²) in [6.45, 7) is 9.88. The highest BCUT2D eigenvalue weighted by Crippen LogP contribution is 2.45. The van der Waals surface area contributed by atoms with E-state index in [9.17, 15) is 14.4 Å². The summed E-state index contributed by atoms with van der Waals surface area (Å²) in [5.41, 5.74) is 17.7. The molecule has 2 aliphatic carbocycles. The third-order valence-corrected chi connectivity index (χ3v) is 21.1. The third-order valence-electron chi connectivity index (χ3n) is 21.1. The maximum absolute atomic E-state index is 12.1. The van der Waals surface area contributed by atoms with Crippen LogP contribution in [0.15, 0.2) is 375 Å². The van der Waals surface area contributed by atoms with Crippen LogP contribution in [0.25, 0.3) is 67.5 Å². The lowest BCUT2D eigenvalue weighted by Gasteiger charge is -2.21. The van der Waals surface area contributed by atoms with E-state index in [1.807, 2.05) is 186 Å². The van der Waals surface area contributed by atoms with E-state index in [1.54, 1.807) is 94.2 Å². The van der Waals surface area contributed by atoms with Crippen molar-refractivity contribution in [2.24, 2.45) is 17.8 Å². The molecule has 0 saturated heterocycles. The smallest absolute Gasteiger partial charge is 0.419 e. The number of furan rings is 4. The molecule has 0 spiro atoms. The number of pyridine rings is 6. The summed E-state index contributed by atoms with van der Waals surface area (Å²) in [6.07, 6.45) is 58.1. The topological polar surface area (TPSA) is 316 Å². The zero-order valence-electron chi connectivity index (χ0n) is 69.9. The first-order chi connectivity index (χ1) is 61.8. The second-order valence-corrected chi connectivity index (χ2v) is 30.2. The van der Waals surface area contributed by atoms with Crippen LogP contribution in [-0.4, -0.2) is 105 Å². The number of carbonyl (C=O) groups is 3. The molecule has 6 atom stereocenters. The molecule has 28 nitrogen and oxygen atoms in total. The Kier molecular flexibility index (Phi) is 28.4. The Hall–Kier alpha value is -15.9. The van der Waals surface area contributed by atoms with Crippen LogP contribution in [0, 0.1) is 17.8 Å². The molecule has 18 aromatic rings. The van der Waals surface area contributed by atoms with Crippen LogP contribution in [0.2, 0.25) is 0 Å². The molecule has 0 amide bonds. The van der Waals surface area contributed by atoms with Gasteiger partial charge in [-0.2, -0.15) is 0 Å². The Morgan fingerprint density at radius 2 is 0.667 bits per heavy atom. The number of ether oxygens (including phenoxy) is 3. The molecule has 2 aromatic carbocycles. The van der Waals surface area contributed by atoms with Crippen LogP contribution in [-0.2, 0) is 14.2 Å². The van der Waals surface area contributed by atoms with E-state index in [1.165, 1.54) is 99.8 Å². The van der Waals surface area contributed by atoms with Crippen LogP contribution in [0.4, 0.5) is 14.4 Å². The second-order valence-electron chi connectivity index (χ2n) is 30.2. The number of aromatic nitrogens is 18. The van der Waals surface area contributed by atoms with Crippen molar-refractivity contribution in [3.05, 3.63) is 391 Å². The molecule has 28 heteroatoms. The molecular weight excluding hydrogens is 1590 g/mol. The molecule has 0 aliphatic heterocycles. The molecule has 0 N–H and O–H groups in total. The molecule has 6 unspecified atom stereocenters. The first-order valence-electron chi connectivity index (χ1n) is 41.3. The van der Waals surface area contributed by atoms with E-state index in [0.29, 0.717) is 24.4 Å². The van der Waals surface area contributed by atoms with Crippen molar-refractivity contribution in [2.45, 2.75) is 103 Å². The van der Waals surface area contributed by atoms with E-state index >= 15 is 0 Å². The number of hydrogen-bond acceptors (Lipinski definition) is 22. The SMILES string of the molecule is CC(C)C(OC(=O)n1ccnc1)c1ccc(-c2ccoc2)nc1.CC(OC(=O)n1ccnc1)c1ccc(-c2ccoc2)nc1.CC(c1ccc(-c2ccccc2)nc1)n1ccnc1.CCC(OC(=O)n1ccnc1)c1ccc(-c2ccoc2)nc1.c1ccc(-c2ccc(C(C3CC3)n3ccnc3)cn2)cc1.c1cn(C(c2ccc(-c3ccoc3)nc2)C2CC2)cn1. The van der Waals surface area contributed by atoms with Crippen molar-refractivity contribution in [2.75, 3.05) is 0 Å². The van der Waals surface area contributed by atoms with Gasteiger partial charge < -0.3 is 45.6 Å². The Morgan fingerprint density at radius 3 is 0.984 bits per heavy atom. The summed E-state index contributed by atoms with van der Waals surface area (Å²) < 4.78 is 47.0. The van der Waals surface area contributed by atoms with Crippen molar-refractivity contribution in [3.63, 3.8) is 0 Å². The van der Waals surface area contributed by atoms with Gasteiger partial charge in [0.1, 0.15) is 37.3 Å². The van der Waals surface area contributed by atoms with Gasteiger partial charge >= 0.3 is 18.3 Å². The lowest BCUT2D eigenvalue weighted by atomic mass is 10.00. The molecule has 2 saturated carbocycles. The summed E-state index contributed by atoms with van der Waals surface area (Å²) in [6, 6.07) is 53.0. The van der Waals surface area contributed by atoms with Gasteiger partial charge in [-0.3, -0.25) is 29.9 Å². The van der Waals surface area contributed by atoms with Crippen LogP contribution >= 0.6 is 0 Å². The van der Waals surface area contributed by atoms with Crippen LogP contribution in [0.3, 0.4) is 0 Å². The Bertz CT molecular complexity index is 6140. The normalized spacial score (nSPS) is 13.4. The summed E-state index contributed by atoms with van der Waals surface area (Å²) in [5.74, 6) is 1.55. The Morgan fingerprint density at radius 1 is 0.341 bits per heavy atom. The molecule has 2 fully saturated rings. The number of hydrogen-bond donors (Lipinski definition) is 0. The molecule has 20 rings (SSSR count). The van der Waals surface area contributed by atoms with Crippen LogP contribution in [0.5, 0.6) is 0 Å². The van der Waals surface area contributed by atoms with E-state index in [0.717, 1.165) is 90.2 Å². The predicted octanol–water partition coefficient (Wildman–Crippen LogP) is 21.9. The first kappa shape index (κ1) is 85.1. The zero-order chi connectivity index (χ0) is 86.8. The fraction of sp³-hybridized carbons (Fsp3) is 0.194. The highest BCUT2D eigenvalue weighted by Gasteiger charge is 2.35. The van der Waals surface area contributed by atoms with E-state index in [-0.39, 0.29) is 24.2 Å². The number of nitrogens with zero attached hydrogens (tertiary/aromatic N) is 18. The molecular formula is C98H92N18O10. The van der Waals surface area contributed by atoms with Gasteiger partial charge in [0.05, 0.1) is 121 Å². The lowest BCUT2D eigenvalue weighted by Crippen LogP contribution is -2.19. The summed E-state index contributed by atoms with van der Waals surface area (Å²) in [7, 11) is 0. The van der Waals surface area contributed by atoms with Crippen molar-refractivity contribution in [1.29, 1.82) is 0 Å². The Labute approximate surface area is 727 Å². The molecule has 16 heterocycles. The third kappa shape index (κ3) is 22.6. The van der Waals surface area contributed by atoms with Gasteiger partial charge in [0.15, 0.2) is 0 Å². The van der Waals surface area contributed by atoms with E-state index in [2.05, 4.69) is 141 Å². The Balaban J connectivity index is 0.000000117. The van der Waals surface area contributed by atoms with Crippen LogP contribution < -0.4 is 0 Å². The standard InChI is InChI=1S/C18H17N3.C17H17N3O3.C16H15N3O3.C16H15N3O.C16H15N3.C15H13N3O3/c1-2-4-14(5-3-1)17-9-8-16(12-20-17)18(15-6-7-15)21-11-10-19-13-21;1-12(2)16(23-17(21)20-7-6-18-11-20)13-3-4-15(19-9-13)14-5-8-22-10-14;1-2-15(22-16(20)19-7-6-17-11-19)12-3-4-14(18-9-12)13-5-8-21-10-13;1-2-12(1)16(19-7-6-17-11-19)13-3-4-15(18-9-13)14-5-8-20-10-14;1-13(19-10-9-17-12-19)15-7-8-16(18-11-15)14-5-3-2-4-6-14;1-11(21-15(19)18-6-5-16-10-18)12-2-3-14(17-8-12)13-4-7-20-9-13/h1-5,8-13,15,18H,6-7H2;3-12,16H,1-2H3;3-11,15H,2H2,1H3;3-12,16H,1-2H2;2-13H,1H3;2-11H,1H3. The quantitative estimate of drug-likeness (QED) is 0.0569. The fourth-order valence-corrected chi connectivity index (χ4v) is 14.0. The highest BCUT2D eigenvalue weighted by atomic mass is 16.6. The average molecular weight is 1680 g/mol. The number of benzene rings is 2. The maximum Gasteiger partial charge on any atom is 0.419 e. The maximum atomic E-state index is 12.1. The fourth-order valence-electron chi connectivity index (χ4n) is 14.0. The first-order valence-corrected chi connectivity index (χ1v) is 41.3. The molecule has 0 bridgehead atoms. The molecule has 0 radical (unpaired) electrons. The average Bonchev–Trinajstić information content (AvgIpc) is 1.62. The van der Waals surface area contributed by atoms with Gasteiger partial charge in [0.2, 0.25) is 0 Å². The minimum absolute atomic E-state index is 0.115. The van der Waals surface area contributed by atoms with E-state index < -0.39 is 24.4 Å². The number of imidazole rings is 6. The van der Waals surface area contributed by atoms with Crippen molar-refractivity contribution >= 4 is 18.3 Å². The molecule has 126 heavy (non-hydrogen) atoms. The monoisotopic (exact) mass is 1680 g/mol. The zero-order valence-corrected chi connectivity index (χ0v) is 69.9. The molecule has 634 valence electrons. The summed E-state index contributed by atoms with van der Waals surface area (Å²) in [4.78, 5) is 86.7. The largest absolute Gasteiger partial charge is 0.472 e. The predicted molar refractivity (Wildman–Crippen MR) is 471 cm³/mol. The van der Waals surface area contributed by atoms with Crippen molar-refractivity contribution < 1.29 is 46.3 Å². The van der Waals surface area contributed by atoms with Gasteiger partial charge in [0.25, 0.3) is 0 Å². The number of carbonyl (C=O) groups excluding carboxylic acids is 3. The van der Waals surface area contributed by atoms with E-state index in [4.69, 9.17) is 31.9 Å². The highest BCUT2D eigenvalue weighted by molar-refractivity contribution is 5.72. The van der Waals surface area contributed by atoms with Crippen LogP contribution in [0.1, 0.15) is 137 Å². The van der Waals surface area contributed by atoms with Gasteiger partial charge in [0, 0.05) is 162 Å². The molecule has 16 aromatic heterocycles. The minimum Gasteiger partial charge on any atom is -0.472 e. The lowest BCUT2D eigenvalue weighted by molar-refractivity contribution is 0.0715. The summed E-state index contributed by atoms with van der Waals surface area (Å²) in [5, 5.41) is 0. The summed E-state index contributed by atoms with van der Waals surface area (Å²) >= 11 is 0.